The fraction of sp³-hybridized carbons (Fsp3) is 0.481. The minimum Gasteiger partial charge on any atom is -0.374 e. The number of nitrogens with zero attached hydrogens (tertiary/aromatic N) is 6. The lowest BCUT2D eigenvalue weighted by molar-refractivity contribution is 0.0719. The zero-order valence-corrected chi connectivity index (χ0v) is 22.2. The Bertz CT molecular complexity index is 1240. The van der Waals surface area contributed by atoms with Crippen molar-refractivity contribution in [2.75, 3.05) is 48.9 Å². The summed E-state index contributed by atoms with van der Waals surface area (Å²) < 4.78 is 7.81. The highest BCUT2D eigenvalue weighted by Crippen LogP contribution is 2.27. The highest BCUT2D eigenvalue weighted by atomic mass is 16.5. The van der Waals surface area contributed by atoms with Gasteiger partial charge in [0.2, 0.25) is 0 Å². The number of hydrogen-bond acceptors (Lipinski definition) is 8. The summed E-state index contributed by atoms with van der Waals surface area (Å²) in [5, 5.41) is 3.54. The molecule has 2 atom stereocenters. The van der Waals surface area contributed by atoms with Gasteiger partial charge < -0.3 is 19.9 Å². The van der Waals surface area contributed by atoms with E-state index in [1.54, 1.807) is 10.8 Å². The van der Waals surface area contributed by atoms with Crippen LogP contribution in [-0.4, -0.2) is 65.5 Å². The van der Waals surface area contributed by atoms with E-state index in [4.69, 9.17) is 9.72 Å². The summed E-state index contributed by atoms with van der Waals surface area (Å²) in [6, 6.07) is 7.86. The molecule has 9 nitrogen and oxygen atoms in total. The molecule has 1 N–H and O–H groups in total. The summed E-state index contributed by atoms with van der Waals surface area (Å²) in [5.74, 6) is 2.44. The molecule has 0 unspecified atom stereocenters. The first kappa shape index (κ1) is 25.6. The summed E-state index contributed by atoms with van der Waals surface area (Å²) in [6.07, 6.45) is 4.18. The summed E-state index contributed by atoms with van der Waals surface area (Å²) in [5.41, 5.74) is 3.14. The van der Waals surface area contributed by atoms with Gasteiger partial charge in [-0.2, -0.15) is 0 Å². The van der Waals surface area contributed by atoms with Crippen LogP contribution in [0.3, 0.4) is 0 Å². The maximum Gasteiger partial charge on any atom is 0.277 e. The molecule has 0 saturated carbocycles. The van der Waals surface area contributed by atoms with Gasteiger partial charge in [-0.1, -0.05) is 13.0 Å². The predicted octanol–water partition coefficient (Wildman–Crippen LogP) is 3.36. The molecule has 0 amide bonds. The number of pyridine rings is 2. The first-order valence-corrected chi connectivity index (χ1v) is 12.7. The fourth-order valence-corrected chi connectivity index (χ4v) is 4.73. The van der Waals surface area contributed by atoms with E-state index in [1.165, 1.54) is 0 Å². The van der Waals surface area contributed by atoms with Gasteiger partial charge in [0.25, 0.3) is 5.56 Å². The van der Waals surface area contributed by atoms with Gasteiger partial charge >= 0.3 is 0 Å². The van der Waals surface area contributed by atoms with E-state index in [1.807, 2.05) is 77.2 Å². The van der Waals surface area contributed by atoms with Crippen molar-refractivity contribution in [1.82, 2.24) is 19.5 Å². The first-order valence-electron chi connectivity index (χ1n) is 12.7. The molecule has 0 radical (unpaired) electrons. The van der Waals surface area contributed by atoms with E-state index < -0.39 is 0 Å². The van der Waals surface area contributed by atoms with E-state index >= 15 is 0 Å². The number of aryl methyl sites for hydroxylation is 2. The molecule has 192 valence electrons. The van der Waals surface area contributed by atoms with Crippen LogP contribution in [-0.2, 0) is 17.7 Å². The van der Waals surface area contributed by atoms with Crippen LogP contribution < -0.4 is 20.7 Å². The molecule has 9 heteroatoms. The van der Waals surface area contributed by atoms with Gasteiger partial charge in [0.05, 0.1) is 17.8 Å². The van der Waals surface area contributed by atoms with Gasteiger partial charge in [0, 0.05) is 58.3 Å². The van der Waals surface area contributed by atoms with Crippen LogP contribution in [0, 0.1) is 6.92 Å². The average molecular weight is 492 g/mol. The molecule has 1 saturated heterocycles. The second kappa shape index (κ2) is 11.1. The monoisotopic (exact) mass is 491 g/mol. The first-order chi connectivity index (χ1) is 17.4. The van der Waals surface area contributed by atoms with Gasteiger partial charge in [0.1, 0.15) is 23.1 Å². The fourth-order valence-electron chi connectivity index (χ4n) is 4.73. The molecule has 4 rings (SSSR count). The Morgan fingerprint density at radius 2 is 1.97 bits per heavy atom. The van der Waals surface area contributed by atoms with Crippen LogP contribution in [0.5, 0.6) is 0 Å². The summed E-state index contributed by atoms with van der Waals surface area (Å²) in [7, 11) is 3.93. The third-order valence-electron chi connectivity index (χ3n) is 6.64. The highest BCUT2D eigenvalue weighted by molar-refractivity contribution is 5.64. The molecule has 0 aliphatic carbocycles. The smallest absolute Gasteiger partial charge is 0.277 e. The summed E-state index contributed by atoms with van der Waals surface area (Å²) in [4.78, 5) is 32.1. The summed E-state index contributed by atoms with van der Waals surface area (Å²) in [6.45, 7) is 10.5. The molecule has 0 spiro atoms. The van der Waals surface area contributed by atoms with Crippen molar-refractivity contribution in [3.63, 3.8) is 0 Å². The zero-order valence-electron chi connectivity index (χ0n) is 22.2. The third kappa shape index (κ3) is 5.06. The topological polar surface area (TPSA) is 88.4 Å². The number of ether oxygens (including phenoxy) is 1. The molecule has 3 aromatic heterocycles. The standard InChI is InChI=1S/C27H37N7O2/c1-7-20-25(30-21-16-33(17-22(21)36-9-3)23-12-10-11-13-28-23)27(35)34(8-2)26(31-20)19-15-29-24(32(5)6)14-18(19)4/h10-15,21-22,30H,7-9,16-17H2,1-6H3/t21-,22+/m1/s1. The SMILES string of the molecule is CCO[C@H]1CN(c2ccccn2)C[C@H]1Nc1c(CC)nc(-c2cnc(N(C)C)cc2C)n(CC)c1=O. The van der Waals surface area contributed by atoms with Crippen molar-refractivity contribution in [2.45, 2.75) is 52.8 Å². The van der Waals surface area contributed by atoms with E-state index in [2.05, 4.69) is 20.2 Å². The minimum atomic E-state index is -0.0686. The van der Waals surface area contributed by atoms with Crippen LogP contribution in [0.2, 0.25) is 0 Å². The molecule has 36 heavy (non-hydrogen) atoms. The van der Waals surface area contributed by atoms with Crippen molar-refractivity contribution >= 4 is 17.3 Å². The lowest BCUT2D eigenvalue weighted by Crippen LogP contribution is -2.38. The number of anilines is 3. The highest BCUT2D eigenvalue weighted by Gasteiger charge is 2.35. The molecule has 1 aliphatic heterocycles. The Morgan fingerprint density at radius 1 is 1.17 bits per heavy atom. The Morgan fingerprint density at radius 3 is 2.58 bits per heavy atom. The van der Waals surface area contributed by atoms with E-state index in [-0.39, 0.29) is 17.7 Å². The Hall–Kier alpha value is -3.46. The summed E-state index contributed by atoms with van der Waals surface area (Å²) >= 11 is 0. The Balaban J connectivity index is 1.71. The Labute approximate surface area is 213 Å². The van der Waals surface area contributed by atoms with Crippen molar-refractivity contribution in [3.8, 4) is 11.4 Å². The van der Waals surface area contributed by atoms with Gasteiger partial charge in [-0.25, -0.2) is 15.0 Å². The second-order valence-corrected chi connectivity index (χ2v) is 9.25. The predicted molar refractivity (Wildman–Crippen MR) is 145 cm³/mol. The molecule has 4 heterocycles. The molecule has 1 aliphatic rings. The van der Waals surface area contributed by atoms with Crippen molar-refractivity contribution in [1.29, 1.82) is 0 Å². The lowest BCUT2D eigenvalue weighted by Gasteiger charge is -2.23. The van der Waals surface area contributed by atoms with Gasteiger partial charge in [-0.3, -0.25) is 9.36 Å². The zero-order chi connectivity index (χ0) is 25.8. The number of hydrogen-bond donors (Lipinski definition) is 1. The van der Waals surface area contributed by atoms with Crippen LogP contribution in [0.25, 0.3) is 11.4 Å². The van der Waals surface area contributed by atoms with Crippen LogP contribution in [0.1, 0.15) is 32.0 Å². The second-order valence-electron chi connectivity index (χ2n) is 9.25. The van der Waals surface area contributed by atoms with Gasteiger partial charge in [0.15, 0.2) is 0 Å². The molecule has 1 fully saturated rings. The molecule has 0 bridgehead atoms. The number of rotatable bonds is 9. The van der Waals surface area contributed by atoms with Crippen molar-refractivity contribution in [3.05, 3.63) is 58.3 Å². The lowest BCUT2D eigenvalue weighted by atomic mass is 10.1. The maximum atomic E-state index is 13.8. The molecule has 3 aromatic rings. The quantitative estimate of drug-likeness (QED) is 0.488. The van der Waals surface area contributed by atoms with Crippen LogP contribution in [0.15, 0.2) is 41.5 Å². The van der Waals surface area contributed by atoms with E-state index in [0.29, 0.717) is 44.2 Å². The van der Waals surface area contributed by atoms with Crippen LogP contribution >= 0.6 is 0 Å². The van der Waals surface area contributed by atoms with Crippen molar-refractivity contribution < 1.29 is 4.74 Å². The largest absolute Gasteiger partial charge is 0.374 e. The molecular weight excluding hydrogens is 454 g/mol. The third-order valence-corrected chi connectivity index (χ3v) is 6.64. The van der Waals surface area contributed by atoms with Crippen molar-refractivity contribution in [2.24, 2.45) is 0 Å². The number of aromatic nitrogens is 4. The molecular formula is C27H37N7O2. The van der Waals surface area contributed by atoms with E-state index in [0.717, 1.165) is 28.5 Å². The van der Waals surface area contributed by atoms with Gasteiger partial charge in [-0.15, -0.1) is 0 Å². The minimum absolute atomic E-state index is 0.0642. The van der Waals surface area contributed by atoms with Gasteiger partial charge in [-0.05, 0) is 51.0 Å². The average Bonchev–Trinajstić information content (AvgIpc) is 3.28. The molecule has 0 aromatic carbocycles. The number of nitrogens with one attached hydrogen (secondary N) is 1. The van der Waals surface area contributed by atoms with E-state index in [9.17, 15) is 4.79 Å². The maximum absolute atomic E-state index is 13.8. The van der Waals surface area contributed by atoms with Crippen LogP contribution in [0.4, 0.5) is 17.3 Å². The Kier molecular flexibility index (Phi) is 7.88. The normalized spacial score (nSPS) is 17.4.